The number of thiocarbonyl (C=S) groups is 1. The highest BCUT2D eigenvalue weighted by Crippen LogP contribution is 2.29. The lowest BCUT2D eigenvalue weighted by Gasteiger charge is -2.33. The molecule has 0 spiro atoms. The predicted octanol–water partition coefficient (Wildman–Crippen LogP) is 3.09. The first-order valence-electron chi connectivity index (χ1n) is 5.29. The van der Waals surface area contributed by atoms with Gasteiger partial charge in [-0.3, -0.25) is 0 Å². The lowest BCUT2D eigenvalue weighted by Crippen LogP contribution is -2.33. The normalized spacial score (nSPS) is 18.4. The minimum Gasteiger partial charge on any atom is -0.433 e. The molecule has 84 valence electrons. The molecule has 16 heavy (non-hydrogen) atoms. The van der Waals surface area contributed by atoms with E-state index in [2.05, 4.69) is 49.2 Å². The first kappa shape index (κ1) is 11.6. The van der Waals surface area contributed by atoms with Gasteiger partial charge in [0.05, 0.1) is 0 Å². The second-order valence-electron chi connectivity index (χ2n) is 4.18. The Labute approximate surface area is 108 Å². The molecular formula is C13H14NS2-. The fraction of sp³-hybridized carbons (Fsp3) is 0.308. The number of hydrogen-bond donors (Lipinski definition) is 0. The SMILES string of the molecule is Cc1ccc2c(c1)C=CC(CC(=S)[S-])N2C. The third-order valence-electron chi connectivity index (χ3n) is 2.93. The third-order valence-corrected chi connectivity index (χ3v) is 3.27. The molecule has 0 bridgehead atoms. The van der Waals surface area contributed by atoms with Crippen LogP contribution in [0.4, 0.5) is 5.69 Å². The predicted molar refractivity (Wildman–Crippen MR) is 77.0 cm³/mol. The van der Waals surface area contributed by atoms with E-state index in [1.54, 1.807) is 0 Å². The van der Waals surface area contributed by atoms with E-state index < -0.39 is 0 Å². The van der Waals surface area contributed by atoms with E-state index in [0.717, 1.165) is 6.42 Å². The van der Waals surface area contributed by atoms with Crippen LogP contribution in [-0.2, 0) is 12.6 Å². The maximum Gasteiger partial charge on any atom is 0.0498 e. The number of benzene rings is 1. The molecule has 3 heteroatoms. The average Bonchev–Trinajstić information content (AvgIpc) is 2.22. The van der Waals surface area contributed by atoms with Gasteiger partial charge >= 0.3 is 0 Å². The molecule has 0 radical (unpaired) electrons. The Bertz CT molecular complexity index is 451. The summed E-state index contributed by atoms with van der Waals surface area (Å²) in [5.41, 5.74) is 3.81. The molecule has 1 atom stereocenters. The van der Waals surface area contributed by atoms with Crippen molar-refractivity contribution in [1.29, 1.82) is 0 Å². The van der Waals surface area contributed by atoms with Crippen molar-refractivity contribution in [2.75, 3.05) is 11.9 Å². The summed E-state index contributed by atoms with van der Waals surface area (Å²) in [7, 11) is 2.09. The summed E-state index contributed by atoms with van der Waals surface area (Å²) in [5, 5.41) is 0. The molecule has 0 amide bonds. The van der Waals surface area contributed by atoms with Gasteiger partial charge in [-0.1, -0.05) is 23.8 Å². The van der Waals surface area contributed by atoms with Crippen LogP contribution in [-0.4, -0.2) is 17.3 Å². The summed E-state index contributed by atoms with van der Waals surface area (Å²) in [6.07, 6.45) is 5.12. The lowest BCUT2D eigenvalue weighted by molar-refractivity contribution is 0.781. The number of likely N-dealkylation sites (N-methyl/N-ethyl adjacent to an activating group) is 1. The first-order valence-corrected chi connectivity index (χ1v) is 6.11. The number of hydrogen-bond acceptors (Lipinski definition) is 3. The highest BCUT2D eigenvalue weighted by molar-refractivity contribution is 8.00. The molecule has 1 heterocycles. The van der Waals surface area contributed by atoms with Gasteiger partial charge in [-0.25, -0.2) is 0 Å². The Hall–Kier alpha value is -0.930. The number of fused-ring (bicyclic) bond motifs is 1. The summed E-state index contributed by atoms with van der Waals surface area (Å²) in [4.78, 5) is 2.24. The Kier molecular flexibility index (Phi) is 3.26. The Morgan fingerprint density at radius 3 is 2.94 bits per heavy atom. The van der Waals surface area contributed by atoms with Gasteiger partial charge in [-0.05, 0) is 31.0 Å². The summed E-state index contributed by atoms with van der Waals surface area (Å²) in [5.74, 6) is 0. The van der Waals surface area contributed by atoms with Gasteiger partial charge in [-0.15, -0.1) is 4.20 Å². The largest absolute Gasteiger partial charge is 0.433 e. The van der Waals surface area contributed by atoms with Gasteiger partial charge in [0.25, 0.3) is 0 Å². The molecule has 1 aromatic carbocycles. The van der Waals surface area contributed by atoms with Crippen molar-refractivity contribution in [1.82, 2.24) is 0 Å². The van der Waals surface area contributed by atoms with Crippen molar-refractivity contribution in [3.05, 3.63) is 35.4 Å². The number of nitrogens with zero attached hydrogens (tertiary/aromatic N) is 1. The van der Waals surface area contributed by atoms with E-state index >= 15 is 0 Å². The molecule has 0 N–H and O–H groups in total. The van der Waals surface area contributed by atoms with Crippen LogP contribution < -0.4 is 4.90 Å². The molecule has 2 rings (SSSR count). The maximum absolute atomic E-state index is 5.00. The Morgan fingerprint density at radius 2 is 2.25 bits per heavy atom. The van der Waals surface area contributed by atoms with Crippen molar-refractivity contribution < 1.29 is 0 Å². The van der Waals surface area contributed by atoms with Gasteiger partial charge in [0.15, 0.2) is 0 Å². The number of aryl methyl sites for hydroxylation is 1. The summed E-state index contributed by atoms with van der Waals surface area (Å²) in [6.45, 7) is 2.11. The standard InChI is InChI=1S/C13H15NS2/c1-9-3-6-12-10(7-9)4-5-11(14(12)2)8-13(15)16/h3-7,11H,8H2,1-2H3,(H,15,16)/p-1. The highest BCUT2D eigenvalue weighted by Gasteiger charge is 2.17. The van der Waals surface area contributed by atoms with Crippen LogP contribution in [0.5, 0.6) is 0 Å². The Balaban J connectivity index is 2.32. The van der Waals surface area contributed by atoms with Crippen molar-refractivity contribution in [3.63, 3.8) is 0 Å². The fourth-order valence-electron chi connectivity index (χ4n) is 2.03. The minimum atomic E-state index is 0.306. The van der Waals surface area contributed by atoms with Gasteiger partial charge in [0.2, 0.25) is 0 Å². The van der Waals surface area contributed by atoms with Crippen molar-refractivity contribution in [2.45, 2.75) is 19.4 Å². The molecule has 0 aromatic heterocycles. The first-order chi connectivity index (χ1) is 7.58. The molecular weight excluding hydrogens is 234 g/mol. The van der Waals surface area contributed by atoms with Crippen LogP contribution in [0.2, 0.25) is 0 Å². The van der Waals surface area contributed by atoms with E-state index in [4.69, 9.17) is 24.8 Å². The second kappa shape index (κ2) is 4.52. The molecule has 1 aliphatic rings. The van der Waals surface area contributed by atoms with E-state index in [0.29, 0.717) is 10.2 Å². The Morgan fingerprint density at radius 1 is 1.50 bits per heavy atom. The number of rotatable bonds is 2. The lowest BCUT2D eigenvalue weighted by atomic mass is 10.0. The topological polar surface area (TPSA) is 3.24 Å². The monoisotopic (exact) mass is 248 g/mol. The zero-order valence-corrected chi connectivity index (χ0v) is 11.1. The molecule has 1 unspecified atom stereocenters. The zero-order valence-electron chi connectivity index (χ0n) is 9.43. The molecule has 0 saturated carbocycles. The van der Waals surface area contributed by atoms with E-state index in [1.165, 1.54) is 16.8 Å². The number of anilines is 1. The quantitative estimate of drug-likeness (QED) is 0.585. The highest BCUT2D eigenvalue weighted by atomic mass is 32.1. The van der Waals surface area contributed by atoms with Gasteiger partial charge in [0.1, 0.15) is 0 Å². The average molecular weight is 248 g/mol. The van der Waals surface area contributed by atoms with Crippen molar-refractivity contribution in [2.24, 2.45) is 0 Å². The van der Waals surface area contributed by atoms with Crippen LogP contribution in [0.1, 0.15) is 17.5 Å². The molecule has 1 aliphatic heterocycles. The third kappa shape index (κ3) is 2.25. The molecule has 0 saturated heterocycles. The summed E-state index contributed by atoms with van der Waals surface area (Å²) >= 11 is 10.0. The van der Waals surface area contributed by atoms with Gasteiger partial charge < -0.3 is 29.7 Å². The van der Waals surface area contributed by atoms with Crippen LogP contribution in [0.3, 0.4) is 0 Å². The van der Waals surface area contributed by atoms with Crippen LogP contribution in [0, 0.1) is 6.92 Å². The van der Waals surface area contributed by atoms with E-state index in [9.17, 15) is 0 Å². The summed E-state index contributed by atoms with van der Waals surface area (Å²) in [6, 6.07) is 6.80. The van der Waals surface area contributed by atoms with Crippen molar-refractivity contribution >= 4 is 40.8 Å². The van der Waals surface area contributed by atoms with Gasteiger partial charge in [0, 0.05) is 18.8 Å². The minimum absolute atomic E-state index is 0.306. The van der Waals surface area contributed by atoms with Crippen molar-refractivity contribution in [3.8, 4) is 0 Å². The van der Waals surface area contributed by atoms with E-state index in [-0.39, 0.29) is 0 Å². The molecule has 1 aromatic rings. The fourth-order valence-corrected chi connectivity index (χ4v) is 2.37. The second-order valence-corrected chi connectivity index (χ2v) is 5.42. The molecule has 0 aliphatic carbocycles. The molecule has 1 nitrogen and oxygen atoms in total. The summed E-state index contributed by atoms with van der Waals surface area (Å²) < 4.78 is 0.650. The van der Waals surface area contributed by atoms with Crippen LogP contribution in [0.25, 0.3) is 6.08 Å². The smallest absolute Gasteiger partial charge is 0.0498 e. The van der Waals surface area contributed by atoms with Gasteiger partial charge in [-0.2, -0.15) is 0 Å². The zero-order chi connectivity index (χ0) is 11.7. The van der Waals surface area contributed by atoms with Crippen LogP contribution in [0.15, 0.2) is 24.3 Å². The van der Waals surface area contributed by atoms with Crippen LogP contribution >= 0.6 is 12.2 Å². The maximum atomic E-state index is 5.00. The molecule has 0 fully saturated rings. The van der Waals surface area contributed by atoms with E-state index in [1.807, 2.05) is 0 Å².